The quantitative estimate of drug-likeness (QED) is 0.347. The van der Waals surface area contributed by atoms with Crippen molar-refractivity contribution in [3.05, 3.63) is 78.3 Å². The fourth-order valence-electron chi connectivity index (χ4n) is 3.82. The van der Waals surface area contributed by atoms with Crippen LogP contribution < -0.4 is 14.4 Å². The number of nitrogens with zero attached hydrogens (tertiary/aromatic N) is 1. The van der Waals surface area contributed by atoms with Crippen LogP contribution in [0.5, 0.6) is 17.2 Å². The van der Waals surface area contributed by atoms with Crippen LogP contribution in [0.1, 0.15) is 29.1 Å². The van der Waals surface area contributed by atoms with E-state index in [1.165, 1.54) is 0 Å². The van der Waals surface area contributed by atoms with E-state index in [1.54, 1.807) is 24.3 Å². The summed E-state index contributed by atoms with van der Waals surface area (Å²) >= 11 is 0. The van der Waals surface area contributed by atoms with Crippen LogP contribution in [-0.4, -0.2) is 37.9 Å². The first kappa shape index (κ1) is 21.1. The van der Waals surface area contributed by atoms with E-state index in [0.717, 1.165) is 16.9 Å². The van der Waals surface area contributed by atoms with Crippen LogP contribution in [0.15, 0.2) is 72.7 Å². The average molecular weight is 466 g/mol. The summed E-state index contributed by atoms with van der Waals surface area (Å²) in [5.41, 5.74) is 2.66. The number of ether oxygens (including phenoxy) is 4. The molecule has 0 saturated carbocycles. The molecule has 0 aliphatic carbocycles. The van der Waals surface area contributed by atoms with Gasteiger partial charge in [-0.25, -0.2) is 4.79 Å². The molecule has 1 aliphatic rings. The summed E-state index contributed by atoms with van der Waals surface area (Å²) in [7, 11) is 0. The second-order valence-electron chi connectivity index (χ2n) is 8.17. The lowest BCUT2D eigenvalue weighted by Crippen LogP contribution is -2.30. The second kappa shape index (κ2) is 11.1. The van der Waals surface area contributed by atoms with Crippen LogP contribution in [0, 0.1) is 0 Å². The van der Waals surface area contributed by atoms with E-state index in [9.17, 15) is 4.79 Å². The number of carbonyl (C=O) groups is 1. The number of carbonyl (C=O) groups excluding carboxylic acids is 1. The fraction of sp³-hybridized carbons (Fsp3) is 0.321. The average Bonchev–Trinajstić information content (AvgIpc) is 2.83. The van der Waals surface area contributed by atoms with Crippen LogP contribution >= 0.6 is 0 Å². The Bertz CT molecular complexity index is 1150. The van der Waals surface area contributed by atoms with Gasteiger partial charge in [0.25, 0.3) is 0 Å². The number of hydrogen-bond donors (Lipinski definition) is 0. The molecule has 34 heavy (non-hydrogen) atoms. The highest BCUT2D eigenvalue weighted by Crippen LogP contribution is 2.45. The summed E-state index contributed by atoms with van der Waals surface area (Å²) in [5, 5.41) is 0. The van der Waals surface area contributed by atoms with Gasteiger partial charge in [-0.15, -0.1) is 0 Å². The zero-order valence-electron chi connectivity index (χ0n) is 21.7. The first-order valence-electron chi connectivity index (χ1n) is 12.5. The summed E-state index contributed by atoms with van der Waals surface area (Å²) < 4.78 is 38.7. The summed E-state index contributed by atoms with van der Waals surface area (Å²) in [4.78, 5) is 14.4. The first-order valence-corrected chi connectivity index (χ1v) is 11.5. The van der Waals surface area contributed by atoms with Gasteiger partial charge in [-0.3, -0.25) is 0 Å². The fourth-order valence-corrected chi connectivity index (χ4v) is 3.82. The van der Waals surface area contributed by atoms with Crippen LogP contribution in [0.3, 0.4) is 0 Å². The minimum Gasteiger partial charge on any atom is -0.492 e. The van der Waals surface area contributed by atoms with Crippen LogP contribution in [0.2, 0.25) is 0 Å². The van der Waals surface area contributed by atoms with Gasteiger partial charge < -0.3 is 23.8 Å². The molecule has 0 fully saturated rings. The van der Waals surface area contributed by atoms with Gasteiger partial charge in [0.15, 0.2) is 17.6 Å². The summed E-state index contributed by atoms with van der Waals surface area (Å²) in [5.74, 6) is 1.54. The second-order valence-corrected chi connectivity index (χ2v) is 8.17. The molecule has 1 atom stereocenters. The van der Waals surface area contributed by atoms with Gasteiger partial charge in [0.2, 0.25) is 0 Å². The standard InChI is InChI=1S/C28H31NO5/c1-4-31-27(28(30)33-20(2)3)19-21-13-15-22(16-14-21)32-18-17-29-23-9-5-7-11-25(23)34-26-12-8-6-10-24(26)29/h5-16,20,27H,4,17-19H2,1-3H3/t27-/m0/s1/i7T,8T. The molecule has 3 aromatic carbocycles. The monoisotopic (exact) mass is 465 g/mol. The molecule has 0 saturated heterocycles. The Morgan fingerprint density at radius 3 is 2.24 bits per heavy atom. The molecule has 1 heterocycles. The van der Waals surface area contributed by atoms with Crippen molar-refractivity contribution in [2.75, 3.05) is 24.7 Å². The summed E-state index contributed by atoms with van der Waals surface area (Å²) in [6.45, 7) is 6.88. The molecule has 1 aliphatic heterocycles. The molecular weight excluding hydrogens is 430 g/mol. The van der Waals surface area contributed by atoms with Crippen molar-refractivity contribution in [2.45, 2.75) is 39.4 Å². The maximum absolute atomic E-state index is 12.3. The van der Waals surface area contributed by atoms with E-state index < -0.39 is 6.10 Å². The van der Waals surface area contributed by atoms with Gasteiger partial charge in [-0.2, -0.15) is 0 Å². The molecule has 0 bridgehead atoms. The Hall–Kier alpha value is -3.51. The molecule has 178 valence electrons. The Labute approximate surface area is 203 Å². The lowest BCUT2D eigenvalue weighted by Gasteiger charge is -2.32. The van der Waals surface area contributed by atoms with Gasteiger partial charge in [0.1, 0.15) is 12.4 Å². The number of esters is 1. The molecule has 3 aromatic rings. The number of hydrogen-bond acceptors (Lipinski definition) is 6. The smallest absolute Gasteiger partial charge is 0.335 e. The molecule has 0 unspecified atom stereocenters. The van der Waals surface area contributed by atoms with E-state index in [4.69, 9.17) is 21.7 Å². The molecule has 0 amide bonds. The maximum Gasteiger partial charge on any atom is 0.335 e. The molecule has 0 aromatic heterocycles. The van der Waals surface area contributed by atoms with Crippen molar-refractivity contribution in [3.8, 4) is 17.2 Å². The normalized spacial score (nSPS) is 13.8. The SMILES string of the molecule is [3H]c1ccc2c(c1)Oc1cc([3H])ccc1N2CCOc1ccc(C[C@H](OCC)C(=O)OC(C)C)cc1. The Kier molecular flexibility index (Phi) is 6.86. The minimum absolute atomic E-state index is 0.190. The highest BCUT2D eigenvalue weighted by atomic mass is 16.6. The molecule has 0 N–H and O–H groups in total. The van der Waals surface area contributed by atoms with E-state index in [0.29, 0.717) is 55.5 Å². The molecule has 4 rings (SSSR count). The maximum atomic E-state index is 12.3. The van der Waals surface area contributed by atoms with Crippen molar-refractivity contribution in [2.24, 2.45) is 0 Å². The number of para-hydroxylation sites is 4. The van der Waals surface area contributed by atoms with Crippen molar-refractivity contribution >= 4 is 17.3 Å². The zero-order valence-corrected chi connectivity index (χ0v) is 19.7. The molecule has 6 nitrogen and oxygen atoms in total. The Morgan fingerprint density at radius 1 is 1.00 bits per heavy atom. The summed E-state index contributed by atoms with van der Waals surface area (Å²) in [6, 6.07) is 18.9. The van der Waals surface area contributed by atoms with Gasteiger partial charge in [-0.1, -0.05) is 36.4 Å². The topological polar surface area (TPSA) is 57.2 Å². The third kappa shape index (κ3) is 5.69. The van der Waals surface area contributed by atoms with Crippen molar-refractivity contribution in [1.29, 1.82) is 0 Å². The highest BCUT2D eigenvalue weighted by Gasteiger charge is 2.24. The molecule has 6 heteroatoms. The first-order chi connectivity index (χ1) is 17.3. The van der Waals surface area contributed by atoms with Gasteiger partial charge in [0, 0.05) is 13.0 Å². The largest absolute Gasteiger partial charge is 0.492 e. The van der Waals surface area contributed by atoms with Crippen molar-refractivity contribution in [1.82, 2.24) is 0 Å². The third-order valence-corrected chi connectivity index (χ3v) is 5.32. The Balaban J connectivity index is 1.40. The predicted octanol–water partition coefficient (Wildman–Crippen LogP) is 5.91. The zero-order chi connectivity index (χ0) is 25.7. The summed E-state index contributed by atoms with van der Waals surface area (Å²) in [6.07, 6.45) is -0.402. The van der Waals surface area contributed by atoms with Crippen LogP contribution in [0.4, 0.5) is 11.4 Å². The van der Waals surface area contributed by atoms with Gasteiger partial charge in [-0.05, 0) is 62.7 Å². The van der Waals surface area contributed by atoms with Crippen LogP contribution in [0.25, 0.3) is 0 Å². The predicted molar refractivity (Wildman–Crippen MR) is 132 cm³/mol. The molecule has 0 spiro atoms. The van der Waals surface area contributed by atoms with E-state index in [-0.39, 0.29) is 12.1 Å². The van der Waals surface area contributed by atoms with Gasteiger partial charge >= 0.3 is 5.97 Å². The number of anilines is 2. The molecular formula is C28H31NO5. The number of rotatable bonds is 10. The van der Waals surface area contributed by atoms with E-state index in [2.05, 4.69) is 4.90 Å². The highest BCUT2D eigenvalue weighted by molar-refractivity contribution is 5.77. The lowest BCUT2D eigenvalue weighted by atomic mass is 10.1. The molecule has 0 radical (unpaired) electrons. The Morgan fingerprint density at radius 2 is 1.65 bits per heavy atom. The van der Waals surface area contributed by atoms with Crippen LogP contribution in [-0.2, 0) is 20.7 Å². The van der Waals surface area contributed by atoms with E-state index >= 15 is 0 Å². The minimum atomic E-state index is -0.640. The number of fused-ring (bicyclic) bond motifs is 2. The lowest BCUT2D eigenvalue weighted by molar-refractivity contribution is -0.160. The van der Waals surface area contributed by atoms with Crippen molar-refractivity contribution < 1.29 is 26.5 Å². The van der Waals surface area contributed by atoms with E-state index in [1.807, 2.05) is 57.2 Å². The van der Waals surface area contributed by atoms with Gasteiger partial charge in [0.05, 0.1) is 26.8 Å². The van der Waals surface area contributed by atoms with Crippen molar-refractivity contribution in [3.63, 3.8) is 0 Å². The number of benzene rings is 3. The third-order valence-electron chi connectivity index (χ3n) is 5.32.